The first-order valence-corrected chi connectivity index (χ1v) is 6.59. The molecule has 0 N–H and O–H groups in total. The summed E-state index contributed by atoms with van der Waals surface area (Å²) in [5.41, 5.74) is 2.47. The van der Waals surface area contributed by atoms with Crippen molar-refractivity contribution in [3.63, 3.8) is 0 Å². The Bertz CT molecular complexity index is 658. The molecule has 0 fully saturated rings. The molecule has 0 unspecified atom stereocenters. The lowest BCUT2D eigenvalue weighted by Gasteiger charge is -2.13. The van der Waals surface area contributed by atoms with Crippen molar-refractivity contribution in [1.82, 2.24) is 4.57 Å². The number of hydrogen-bond donors (Lipinski definition) is 0. The summed E-state index contributed by atoms with van der Waals surface area (Å²) in [6.07, 6.45) is 1.94. The fourth-order valence-corrected chi connectivity index (χ4v) is 2.27. The summed E-state index contributed by atoms with van der Waals surface area (Å²) in [4.78, 5) is 0. The number of hydrogen-bond acceptors (Lipinski definition) is 4. The second-order valence-corrected chi connectivity index (χ2v) is 4.43. The van der Waals surface area contributed by atoms with Gasteiger partial charge in [-0.25, -0.2) is 0 Å². The van der Waals surface area contributed by atoms with E-state index in [1.807, 2.05) is 35.9 Å². The van der Waals surface area contributed by atoms with Gasteiger partial charge in [0.25, 0.3) is 0 Å². The maximum Gasteiger partial charge on any atom is 0.203 e. The number of nitrogens with zero attached hydrogens (tertiary/aromatic N) is 2. The van der Waals surface area contributed by atoms with Crippen LogP contribution in [0.25, 0.3) is 11.1 Å². The molecule has 0 spiro atoms. The lowest BCUT2D eigenvalue weighted by atomic mass is 10.1. The Kier molecular flexibility index (Phi) is 4.39. The minimum Gasteiger partial charge on any atom is -0.493 e. The normalized spacial score (nSPS) is 10.0. The van der Waals surface area contributed by atoms with Gasteiger partial charge in [-0.15, -0.1) is 0 Å². The zero-order chi connectivity index (χ0) is 15.4. The molecule has 1 heterocycles. The first kappa shape index (κ1) is 14.8. The van der Waals surface area contributed by atoms with Crippen molar-refractivity contribution in [3.05, 3.63) is 30.1 Å². The van der Waals surface area contributed by atoms with E-state index in [1.165, 1.54) is 0 Å². The molecular weight excluding hydrogens is 268 g/mol. The summed E-state index contributed by atoms with van der Waals surface area (Å²) < 4.78 is 17.9. The van der Waals surface area contributed by atoms with E-state index < -0.39 is 0 Å². The molecule has 0 aliphatic rings. The summed E-state index contributed by atoms with van der Waals surface area (Å²) in [7, 11) is 4.74. The summed E-state index contributed by atoms with van der Waals surface area (Å²) in [5.74, 6) is 1.74. The van der Waals surface area contributed by atoms with E-state index >= 15 is 0 Å². The molecule has 0 aliphatic carbocycles. The molecule has 0 saturated heterocycles. The average Bonchev–Trinajstić information content (AvgIpc) is 2.96. The van der Waals surface area contributed by atoms with Gasteiger partial charge in [0.15, 0.2) is 11.5 Å². The molecule has 110 valence electrons. The summed E-state index contributed by atoms with van der Waals surface area (Å²) in [6.45, 7) is 2.74. The van der Waals surface area contributed by atoms with Crippen LogP contribution in [0.1, 0.15) is 12.6 Å². The number of rotatable bonds is 5. The van der Waals surface area contributed by atoms with E-state index in [0.717, 1.165) is 17.7 Å². The molecule has 21 heavy (non-hydrogen) atoms. The molecule has 0 radical (unpaired) electrons. The van der Waals surface area contributed by atoms with Crippen LogP contribution in [0.5, 0.6) is 17.2 Å². The van der Waals surface area contributed by atoms with E-state index in [2.05, 4.69) is 6.07 Å². The van der Waals surface area contributed by atoms with Gasteiger partial charge in [-0.3, -0.25) is 0 Å². The Labute approximate surface area is 124 Å². The van der Waals surface area contributed by atoms with Gasteiger partial charge < -0.3 is 18.8 Å². The zero-order valence-electron chi connectivity index (χ0n) is 12.6. The molecule has 0 bridgehead atoms. The second-order valence-electron chi connectivity index (χ2n) is 4.43. The lowest BCUT2D eigenvalue weighted by molar-refractivity contribution is 0.324. The fourth-order valence-electron chi connectivity index (χ4n) is 2.27. The molecule has 0 amide bonds. The van der Waals surface area contributed by atoms with E-state index in [9.17, 15) is 0 Å². The van der Waals surface area contributed by atoms with Crippen LogP contribution in [-0.4, -0.2) is 25.9 Å². The second kappa shape index (κ2) is 6.23. The average molecular weight is 286 g/mol. The molecule has 2 rings (SSSR count). The molecule has 0 aliphatic heterocycles. The third-order valence-corrected chi connectivity index (χ3v) is 3.35. The molecule has 1 aromatic heterocycles. The zero-order valence-corrected chi connectivity index (χ0v) is 12.6. The molecule has 1 aromatic carbocycles. The van der Waals surface area contributed by atoms with Gasteiger partial charge in [0.2, 0.25) is 5.75 Å². The molecule has 0 atom stereocenters. The Morgan fingerprint density at radius 2 is 1.62 bits per heavy atom. The molecule has 5 heteroatoms. The minimum atomic E-state index is 0.555. The van der Waals surface area contributed by atoms with Gasteiger partial charge in [0, 0.05) is 18.3 Å². The van der Waals surface area contributed by atoms with Crippen molar-refractivity contribution in [1.29, 1.82) is 5.26 Å². The largest absolute Gasteiger partial charge is 0.493 e. The summed E-state index contributed by atoms with van der Waals surface area (Å²) >= 11 is 0. The number of aromatic nitrogens is 1. The van der Waals surface area contributed by atoms with Crippen molar-refractivity contribution >= 4 is 0 Å². The first-order valence-electron chi connectivity index (χ1n) is 6.59. The van der Waals surface area contributed by atoms with Crippen molar-refractivity contribution in [2.75, 3.05) is 21.3 Å². The fraction of sp³-hybridized carbons (Fsp3) is 0.312. The van der Waals surface area contributed by atoms with Crippen molar-refractivity contribution in [2.24, 2.45) is 0 Å². The van der Waals surface area contributed by atoms with E-state index in [-0.39, 0.29) is 0 Å². The van der Waals surface area contributed by atoms with Crippen LogP contribution >= 0.6 is 0 Å². The Balaban J connectivity index is 2.59. The number of ether oxygens (including phenoxy) is 3. The third-order valence-electron chi connectivity index (χ3n) is 3.35. The van der Waals surface area contributed by atoms with Crippen molar-refractivity contribution in [3.8, 4) is 34.4 Å². The first-order chi connectivity index (χ1) is 10.2. The third kappa shape index (κ3) is 2.65. The van der Waals surface area contributed by atoms with Crippen LogP contribution in [0.2, 0.25) is 0 Å². The Morgan fingerprint density at radius 3 is 2.00 bits per heavy atom. The monoisotopic (exact) mass is 286 g/mol. The quantitative estimate of drug-likeness (QED) is 0.847. The van der Waals surface area contributed by atoms with Gasteiger partial charge in [-0.1, -0.05) is 0 Å². The number of nitriles is 1. The van der Waals surface area contributed by atoms with Crippen LogP contribution in [0.15, 0.2) is 24.4 Å². The molecule has 0 saturated carbocycles. The van der Waals surface area contributed by atoms with Gasteiger partial charge in [0.1, 0.15) is 11.8 Å². The summed E-state index contributed by atoms with van der Waals surface area (Å²) in [5, 5.41) is 9.15. The van der Waals surface area contributed by atoms with Gasteiger partial charge in [-0.2, -0.15) is 5.26 Å². The number of benzene rings is 1. The maximum absolute atomic E-state index is 9.15. The van der Waals surface area contributed by atoms with E-state index in [4.69, 9.17) is 19.5 Å². The maximum atomic E-state index is 9.15. The molecule has 5 nitrogen and oxygen atoms in total. The van der Waals surface area contributed by atoms with Crippen LogP contribution in [0.4, 0.5) is 0 Å². The van der Waals surface area contributed by atoms with Crippen LogP contribution < -0.4 is 14.2 Å². The van der Waals surface area contributed by atoms with E-state index in [0.29, 0.717) is 22.9 Å². The minimum absolute atomic E-state index is 0.555. The van der Waals surface area contributed by atoms with Gasteiger partial charge >= 0.3 is 0 Å². The lowest BCUT2D eigenvalue weighted by Crippen LogP contribution is -1.95. The molecule has 2 aromatic rings. The van der Waals surface area contributed by atoms with Gasteiger partial charge in [-0.05, 0) is 30.7 Å². The van der Waals surface area contributed by atoms with Crippen molar-refractivity contribution in [2.45, 2.75) is 13.5 Å². The van der Waals surface area contributed by atoms with Crippen LogP contribution in [0.3, 0.4) is 0 Å². The summed E-state index contributed by atoms with van der Waals surface area (Å²) in [6, 6.07) is 7.79. The highest BCUT2D eigenvalue weighted by molar-refractivity contribution is 5.71. The van der Waals surface area contributed by atoms with Crippen LogP contribution in [0, 0.1) is 11.3 Å². The standard InChI is InChI=1S/C16H18N2O3/c1-5-18-10-12(6-13(18)9-17)11-7-14(19-2)16(21-4)15(8-11)20-3/h6-8,10H,5H2,1-4H3. The molecular formula is C16H18N2O3. The predicted octanol–water partition coefficient (Wildman–Crippen LogP) is 3.07. The smallest absolute Gasteiger partial charge is 0.203 e. The Morgan fingerprint density at radius 1 is 1.00 bits per heavy atom. The van der Waals surface area contributed by atoms with Crippen molar-refractivity contribution < 1.29 is 14.2 Å². The van der Waals surface area contributed by atoms with E-state index in [1.54, 1.807) is 21.3 Å². The van der Waals surface area contributed by atoms with Crippen LogP contribution in [-0.2, 0) is 6.54 Å². The highest BCUT2D eigenvalue weighted by Gasteiger charge is 2.15. The highest BCUT2D eigenvalue weighted by atomic mass is 16.5. The Hall–Kier alpha value is -2.61. The number of methoxy groups -OCH3 is 3. The predicted molar refractivity (Wildman–Crippen MR) is 79.9 cm³/mol. The highest BCUT2D eigenvalue weighted by Crippen LogP contribution is 2.41. The SMILES string of the molecule is CCn1cc(-c2cc(OC)c(OC)c(OC)c2)cc1C#N. The topological polar surface area (TPSA) is 56.4 Å². The van der Waals surface area contributed by atoms with Gasteiger partial charge in [0.05, 0.1) is 21.3 Å². The number of aryl methyl sites for hydroxylation is 1.